The lowest BCUT2D eigenvalue weighted by Gasteiger charge is -2.26. The second-order valence-electron chi connectivity index (χ2n) is 7.09. The van der Waals surface area contributed by atoms with E-state index in [0.717, 1.165) is 48.6 Å². The molecule has 0 bridgehead atoms. The summed E-state index contributed by atoms with van der Waals surface area (Å²) < 4.78 is 7.77. The maximum atomic E-state index is 6.12. The van der Waals surface area contributed by atoms with Gasteiger partial charge >= 0.3 is 0 Å². The lowest BCUT2D eigenvalue weighted by molar-refractivity contribution is 0.220. The third-order valence-electron chi connectivity index (χ3n) is 5.04. The molecule has 1 saturated heterocycles. The van der Waals surface area contributed by atoms with Gasteiger partial charge in [-0.1, -0.05) is 11.6 Å². The van der Waals surface area contributed by atoms with Gasteiger partial charge in [0.25, 0.3) is 0 Å². The van der Waals surface area contributed by atoms with Crippen molar-refractivity contribution in [3.05, 3.63) is 47.1 Å². The summed E-state index contributed by atoms with van der Waals surface area (Å²) in [6.07, 6.45) is 6.16. The Balaban J connectivity index is 0.00000280. The number of hydrogen-bond acceptors (Lipinski definition) is 3. The van der Waals surface area contributed by atoms with Gasteiger partial charge in [0, 0.05) is 32.5 Å². The van der Waals surface area contributed by atoms with Crippen molar-refractivity contribution in [1.82, 2.24) is 19.7 Å². The van der Waals surface area contributed by atoms with Gasteiger partial charge in [0.15, 0.2) is 5.96 Å². The van der Waals surface area contributed by atoms with E-state index in [1.807, 2.05) is 25.4 Å². The molecule has 156 valence electrons. The van der Waals surface area contributed by atoms with Crippen LogP contribution in [0.25, 0.3) is 0 Å². The van der Waals surface area contributed by atoms with Gasteiger partial charge in [0.05, 0.1) is 30.4 Å². The van der Waals surface area contributed by atoms with Crippen molar-refractivity contribution in [2.24, 2.45) is 12.0 Å². The van der Waals surface area contributed by atoms with E-state index in [-0.39, 0.29) is 30.0 Å². The SMILES string of the molecule is CCNC(=NCC(c1ccco1)N1CCCC1)N(C)Cc1cc(Cl)cn1C.I. The van der Waals surface area contributed by atoms with Gasteiger partial charge < -0.3 is 19.2 Å². The molecule has 3 rings (SSSR count). The molecule has 0 amide bonds. The summed E-state index contributed by atoms with van der Waals surface area (Å²) in [6.45, 7) is 6.54. The number of aryl methyl sites for hydroxylation is 1. The first-order chi connectivity index (χ1) is 13.1. The van der Waals surface area contributed by atoms with Crippen LogP contribution < -0.4 is 5.32 Å². The maximum absolute atomic E-state index is 6.12. The van der Waals surface area contributed by atoms with Crippen molar-refractivity contribution >= 4 is 41.5 Å². The lowest BCUT2D eigenvalue weighted by Crippen LogP contribution is -2.39. The normalized spacial score (nSPS) is 16.1. The molecule has 6 nitrogen and oxygen atoms in total. The van der Waals surface area contributed by atoms with Crippen LogP contribution in [0.2, 0.25) is 5.02 Å². The summed E-state index contributed by atoms with van der Waals surface area (Å²) in [6, 6.07) is 6.20. The van der Waals surface area contributed by atoms with Gasteiger partial charge in [-0.25, -0.2) is 0 Å². The van der Waals surface area contributed by atoms with Gasteiger partial charge in [0.2, 0.25) is 0 Å². The second-order valence-corrected chi connectivity index (χ2v) is 7.52. The summed E-state index contributed by atoms with van der Waals surface area (Å²) in [5.74, 6) is 1.89. The van der Waals surface area contributed by atoms with Crippen LogP contribution >= 0.6 is 35.6 Å². The van der Waals surface area contributed by atoms with Crippen molar-refractivity contribution in [3.8, 4) is 0 Å². The van der Waals surface area contributed by atoms with Crippen LogP contribution in [0.3, 0.4) is 0 Å². The van der Waals surface area contributed by atoms with E-state index >= 15 is 0 Å². The molecule has 1 aliphatic rings. The minimum atomic E-state index is 0. The largest absolute Gasteiger partial charge is 0.468 e. The van der Waals surface area contributed by atoms with E-state index < -0.39 is 0 Å². The van der Waals surface area contributed by atoms with Crippen LogP contribution in [0.4, 0.5) is 0 Å². The van der Waals surface area contributed by atoms with Crippen molar-refractivity contribution in [2.75, 3.05) is 33.2 Å². The number of aliphatic imine (C=N–C) groups is 1. The number of hydrogen-bond donors (Lipinski definition) is 1. The zero-order valence-electron chi connectivity index (χ0n) is 16.9. The molecule has 3 heterocycles. The molecule has 8 heteroatoms. The second kappa shape index (κ2) is 11.1. The highest BCUT2D eigenvalue weighted by molar-refractivity contribution is 14.0. The summed E-state index contributed by atoms with van der Waals surface area (Å²) in [5, 5.41) is 4.16. The molecule has 1 fully saturated rings. The van der Waals surface area contributed by atoms with Crippen LogP contribution in [0.5, 0.6) is 0 Å². The summed E-state index contributed by atoms with van der Waals surface area (Å²) in [4.78, 5) is 9.55. The van der Waals surface area contributed by atoms with Crippen molar-refractivity contribution in [2.45, 2.75) is 32.4 Å². The number of furan rings is 1. The van der Waals surface area contributed by atoms with Crippen LogP contribution in [0.15, 0.2) is 40.1 Å². The number of guanidine groups is 1. The maximum Gasteiger partial charge on any atom is 0.194 e. The molecular weight excluding hydrogens is 489 g/mol. The molecule has 1 N–H and O–H groups in total. The standard InChI is InChI=1S/C20H30ClN5O.HI/c1-4-22-20(25(3)15-17-12-16(21)14-24(17)2)23-13-18(19-8-7-11-27-19)26-9-5-6-10-26;/h7-8,11-12,14,18H,4-6,9-10,13,15H2,1-3H3,(H,22,23);1H. The van der Waals surface area contributed by atoms with E-state index in [1.165, 1.54) is 12.8 Å². The van der Waals surface area contributed by atoms with Crippen molar-refractivity contribution in [1.29, 1.82) is 0 Å². The number of nitrogens with zero attached hydrogens (tertiary/aromatic N) is 4. The average molecular weight is 520 g/mol. The highest BCUT2D eigenvalue weighted by Crippen LogP contribution is 2.26. The monoisotopic (exact) mass is 519 g/mol. The predicted octanol–water partition coefficient (Wildman–Crippen LogP) is 4.12. The van der Waals surface area contributed by atoms with Gasteiger partial charge in [-0.2, -0.15) is 0 Å². The van der Waals surface area contributed by atoms with E-state index in [4.69, 9.17) is 21.0 Å². The van der Waals surface area contributed by atoms with Gasteiger partial charge in [-0.05, 0) is 51.1 Å². The molecule has 2 aromatic rings. The van der Waals surface area contributed by atoms with Gasteiger partial charge in [-0.15, -0.1) is 24.0 Å². The van der Waals surface area contributed by atoms with Gasteiger partial charge in [-0.3, -0.25) is 9.89 Å². The molecular formula is C20H31ClIN5O. The number of aromatic nitrogens is 1. The first kappa shape index (κ1) is 23.1. The fraction of sp³-hybridized carbons (Fsp3) is 0.550. The van der Waals surface area contributed by atoms with E-state index in [9.17, 15) is 0 Å². The Bertz CT molecular complexity index is 740. The van der Waals surface area contributed by atoms with Crippen LogP contribution in [0.1, 0.15) is 37.3 Å². The molecule has 0 spiro atoms. The number of likely N-dealkylation sites (tertiary alicyclic amines) is 1. The Morgan fingerprint density at radius 3 is 2.71 bits per heavy atom. The molecule has 0 aliphatic carbocycles. The fourth-order valence-corrected chi connectivity index (χ4v) is 3.88. The third kappa shape index (κ3) is 5.90. The molecule has 2 aromatic heterocycles. The van der Waals surface area contributed by atoms with E-state index in [1.54, 1.807) is 6.26 Å². The predicted molar refractivity (Wildman–Crippen MR) is 126 cm³/mol. The smallest absolute Gasteiger partial charge is 0.194 e. The third-order valence-corrected chi connectivity index (χ3v) is 5.24. The number of nitrogens with one attached hydrogen (secondary N) is 1. The molecule has 28 heavy (non-hydrogen) atoms. The van der Waals surface area contributed by atoms with Crippen molar-refractivity contribution < 1.29 is 4.42 Å². The zero-order chi connectivity index (χ0) is 19.2. The van der Waals surface area contributed by atoms with E-state index in [2.05, 4.69) is 39.7 Å². The first-order valence-corrected chi connectivity index (χ1v) is 10.0. The Morgan fingerprint density at radius 1 is 1.39 bits per heavy atom. The zero-order valence-corrected chi connectivity index (χ0v) is 20.0. The Kier molecular flexibility index (Phi) is 9.17. The topological polar surface area (TPSA) is 48.9 Å². The molecule has 1 unspecified atom stereocenters. The quantitative estimate of drug-likeness (QED) is 0.340. The summed E-state index contributed by atoms with van der Waals surface area (Å²) in [7, 11) is 4.07. The molecule has 0 radical (unpaired) electrons. The Morgan fingerprint density at radius 2 is 2.14 bits per heavy atom. The van der Waals surface area contributed by atoms with Crippen LogP contribution in [-0.4, -0.2) is 53.6 Å². The summed E-state index contributed by atoms with van der Waals surface area (Å²) in [5.41, 5.74) is 1.15. The van der Waals surface area contributed by atoms with E-state index in [0.29, 0.717) is 6.54 Å². The Hall–Kier alpha value is -1.19. The highest BCUT2D eigenvalue weighted by Gasteiger charge is 2.25. The minimum absolute atomic E-state index is 0. The Labute approximate surface area is 189 Å². The lowest BCUT2D eigenvalue weighted by atomic mass is 10.2. The average Bonchev–Trinajstić information content (AvgIpc) is 3.38. The van der Waals surface area contributed by atoms with Gasteiger partial charge in [0.1, 0.15) is 5.76 Å². The molecule has 1 atom stereocenters. The van der Waals surface area contributed by atoms with Crippen LogP contribution in [-0.2, 0) is 13.6 Å². The highest BCUT2D eigenvalue weighted by atomic mass is 127. The molecule has 0 saturated carbocycles. The molecule has 1 aliphatic heterocycles. The summed E-state index contributed by atoms with van der Waals surface area (Å²) >= 11 is 6.12. The van der Waals surface area contributed by atoms with Crippen molar-refractivity contribution in [3.63, 3.8) is 0 Å². The van der Waals surface area contributed by atoms with Crippen LogP contribution in [0, 0.1) is 0 Å². The number of rotatable bonds is 7. The number of halogens is 2. The fourth-order valence-electron chi connectivity index (χ4n) is 3.60. The molecule has 0 aromatic carbocycles. The minimum Gasteiger partial charge on any atom is -0.468 e. The first-order valence-electron chi connectivity index (χ1n) is 9.66.